The number of rotatable bonds is 5. The van der Waals surface area contributed by atoms with E-state index in [0.29, 0.717) is 40.0 Å². The predicted molar refractivity (Wildman–Crippen MR) is 87.6 cm³/mol. The Balaban J connectivity index is 2.25. The van der Waals surface area contributed by atoms with Gasteiger partial charge in [0.15, 0.2) is 11.5 Å². The molecule has 2 aromatic rings. The van der Waals surface area contributed by atoms with Gasteiger partial charge in [-0.2, -0.15) is 4.68 Å². The molecule has 10 nitrogen and oxygen atoms in total. The maximum Gasteiger partial charge on any atom is 0.248 e. The number of allylic oxidation sites excluding steroid dienone is 1. The lowest BCUT2D eigenvalue weighted by Gasteiger charge is -2.27. The molecule has 1 aliphatic heterocycles. The molecule has 3 rings (SSSR count). The number of aromatic nitrogens is 4. The number of hydrogen-bond donors (Lipinski definition) is 2. The summed E-state index contributed by atoms with van der Waals surface area (Å²) in [6.07, 6.45) is 0. The number of fused-ring (bicyclic) bond motifs is 1. The van der Waals surface area contributed by atoms with Crippen LogP contribution in [-0.2, 0) is 4.79 Å². The van der Waals surface area contributed by atoms with Crippen LogP contribution in [0, 0.1) is 0 Å². The van der Waals surface area contributed by atoms with Crippen molar-refractivity contribution in [2.45, 2.75) is 13.0 Å². The minimum absolute atomic E-state index is 0.342. The molecule has 0 saturated heterocycles. The van der Waals surface area contributed by atoms with Crippen LogP contribution in [-0.4, -0.2) is 47.4 Å². The molecule has 0 bridgehead atoms. The van der Waals surface area contributed by atoms with E-state index < -0.39 is 11.9 Å². The van der Waals surface area contributed by atoms with E-state index in [2.05, 4.69) is 20.8 Å². The molecule has 1 unspecified atom stereocenters. The Morgan fingerprint density at radius 2 is 1.84 bits per heavy atom. The summed E-state index contributed by atoms with van der Waals surface area (Å²) in [4.78, 5) is 12.1. The van der Waals surface area contributed by atoms with Crippen LogP contribution in [0.4, 0.5) is 5.95 Å². The standard InChI is InChI=1S/C15H18N6O4/c1-7-11(14(16)22)12(21-15(17-7)18-19-20-21)8-5-9(23-2)13(25-4)10(6-8)24-3/h5-6,12H,1-4H3,(H2,16,22)(H,17,18,20). The first kappa shape index (κ1) is 16.6. The summed E-state index contributed by atoms with van der Waals surface area (Å²) < 4.78 is 17.6. The van der Waals surface area contributed by atoms with Crippen molar-refractivity contribution in [2.75, 3.05) is 26.6 Å². The zero-order chi connectivity index (χ0) is 18.1. The Kier molecular flexibility index (Phi) is 4.17. The number of nitrogens with two attached hydrogens (primary N) is 1. The number of carbonyl (C=O) groups is 1. The molecule has 0 spiro atoms. The second-order valence-corrected chi connectivity index (χ2v) is 5.34. The zero-order valence-electron chi connectivity index (χ0n) is 14.2. The fourth-order valence-electron chi connectivity index (χ4n) is 2.90. The molecular weight excluding hydrogens is 328 g/mol. The lowest BCUT2D eigenvalue weighted by atomic mass is 9.94. The van der Waals surface area contributed by atoms with Gasteiger partial charge in [0.2, 0.25) is 17.6 Å². The second kappa shape index (κ2) is 6.30. The van der Waals surface area contributed by atoms with Crippen molar-refractivity contribution in [1.82, 2.24) is 20.2 Å². The Hall–Kier alpha value is -3.30. The minimum atomic E-state index is -0.627. The molecule has 1 aromatic heterocycles. The van der Waals surface area contributed by atoms with Crippen molar-refractivity contribution < 1.29 is 19.0 Å². The summed E-state index contributed by atoms with van der Waals surface area (Å²) in [5.41, 5.74) is 7.19. The summed E-state index contributed by atoms with van der Waals surface area (Å²) in [5.74, 6) is 1.17. The maximum atomic E-state index is 12.1. The van der Waals surface area contributed by atoms with E-state index >= 15 is 0 Å². The first-order chi connectivity index (χ1) is 12.0. The summed E-state index contributed by atoms with van der Waals surface area (Å²) in [6, 6.07) is 2.84. The Morgan fingerprint density at radius 3 is 2.36 bits per heavy atom. The van der Waals surface area contributed by atoms with Crippen molar-refractivity contribution >= 4 is 11.9 Å². The number of ether oxygens (including phenoxy) is 3. The topological polar surface area (TPSA) is 126 Å². The van der Waals surface area contributed by atoms with Crippen molar-refractivity contribution in [2.24, 2.45) is 5.73 Å². The highest BCUT2D eigenvalue weighted by Crippen LogP contribution is 2.43. The number of benzene rings is 1. The fourth-order valence-corrected chi connectivity index (χ4v) is 2.90. The molecule has 1 aliphatic rings. The van der Waals surface area contributed by atoms with Crippen LogP contribution in [0.1, 0.15) is 18.5 Å². The van der Waals surface area contributed by atoms with Gasteiger partial charge in [-0.15, -0.1) is 0 Å². The van der Waals surface area contributed by atoms with Crippen LogP contribution in [0.25, 0.3) is 0 Å². The van der Waals surface area contributed by atoms with Gasteiger partial charge < -0.3 is 25.3 Å². The van der Waals surface area contributed by atoms with Gasteiger partial charge in [-0.1, -0.05) is 5.10 Å². The van der Waals surface area contributed by atoms with E-state index in [1.54, 1.807) is 19.1 Å². The number of tetrazole rings is 1. The van der Waals surface area contributed by atoms with Crippen LogP contribution in [0.2, 0.25) is 0 Å². The second-order valence-electron chi connectivity index (χ2n) is 5.34. The number of anilines is 1. The lowest BCUT2D eigenvalue weighted by molar-refractivity contribution is -0.115. The van der Waals surface area contributed by atoms with Gasteiger partial charge in [0, 0.05) is 5.70 Å². The molecular formula is C15H18N6O4. The first-order valence-corrected chi connectivity index (χ1v) is 7.37. The van der Waals surface area contributed by atoms with Crippen LogP contribution in [0.3, 0.4) is 0 Å². The number of nitrogens with zero attached hydrogens (tertiary/aromatic N) is 4. The van der Waals surface area contributed by atoms with E-state index in [-0.39, 0.29) is 0 Å². The third-order valence-corrected chi connectivity index (χ3v) is 3.98. The number of amides is 1. The normalized spacial score (nSPS) is 16.1. The van der Waals surface area contributed by atoms with E-state index in [0.717, 1.165) is 0 Å². The van der Waals surface area contributed by atoms with Gasteiger partial charge in [-0.05, 0) is 35.0 Å². The van der Waals surface area contributed by atoms with Crippen LogP contribution in [0.15, 0.2) is 23.4 Å². The molecule has 0 fully saturated rings. The molecule has 3 N–H and O–H groups in total. The molecule has 0 saturated carbocycles. The average molecular weight is 346 g/mol. The SMILES string of the molecule is COc1cc(C2C(C(N)=O)=C(C)Nc3nnnn32)cc(OC)c1OC. The van der Waals surface area contributed by atoms with Crippen LogP contribution >= 0.6 is 0 Å². The minimum Gasteiger partial charge on any atom is -0.493 e. The highest BCUT2D eigenvalue weighted by atomic mass is 16.5. The maximum absolute atomic E-state index is 12.1. The third kappa shape index (κ3) is 2.61. The smallest absolute Gasteiger partial charge is 0.248 e. The molecule has 0 aliphatic carbocycles. The quantitative estimate of drug-likeness (QED) is 0.800. The van der Waals surface area contributed by atoms with Gasteiger partial charge >= 0.3 is 0 Å². The molecule has 1 atom stereocenters. The summed E-state index contributed by atoms with van der Waals surface area (Å²) in [7, 11) is 4.55. The van der Waals surface area contributed by atoms with E-state index in [1.807, 2.05) is 0 Å². The Labute approximate surface area is 143 Å². The monoisotopic (exact) mass is 346 g/mol. The highest BCUT2D eigenvalue weighted by molar-refractivity contribution is 5.95. The van der Waals surface area contributed by atoms with Gasteiger partial charge in [0.1, 0.15) is 6.04 Å². The predicted octanol–water partition coefficient (Wildman–Crippen LogP) is 0.473. The van der Waals surface area contributed by atoms with Gasteiger partial charge in [-0.25, -0.2) is 0 Å². The van der Waals surface area contributed by atoms with Crippen molar-refractivity contribution in [3.05, 3.63) is 29.0 Å². The van der Waals surface area contributed by atoms with E-state index in [4.69, 9.17) is 19.9 Å². The number of methoxy groups -OCH3 is 3. The molecule has 132 valence electrons. The number of hydrogen-bond acceptors (Lipinski definition) is 8. The fraction of sp³-hybridized carbons (Fsp3) is 0.333. The highest BCUT2D eigenvalue weighted by Gasteiger charge is 2.34. The van der Waals surface area contributed by atoms with Gasteiger partial charge in [0.25, 0.3) is 0 Å². The third-order valence-electron chi connectivity index (χ3n) is 3.98. The lowest BCUT2D eigenvalue weighted by Crippen LogP contribution is -2.31. The van der Waals surface area contributed by atoms with E-state index in [9.17, 15) is 4.79 Å². The van der Waals surface area contributed by atoms with Crippen LogP contribution in [0.5, 0.6) is 17.2 Å². The van der Waals surface area contributed by atoms with Gasteiger partial charge in [0.05, 0.1) is 26.9 Å². The molecule has 25 heavy (non-hydrogen) atoms. The summed E-state index contributed by atoms with van der Waals surface area (Å²) in [5, 5.41) is 14.5. The molecule has 0 radical (unpaired) electrons. The number of carbonyl (C=O) groups excluding carboxylic acids is 1. The number of nitrogens with one attached hydrogen (secondary N) is 1. The van der Waals surface area contributed by atoms with Crippen LogP contribution < -0.4 is 25.3 Å². The zero-order valence-corrected chi connectivity index (χ0v) is 14.2. The Bertz CT molecular complexity index is 834. The van der Waals surface area contributed by atoms with E-state index in [1.165, 1.54) is 26.0 Å². The molecule has 2 heterocycles. The Morgan fingerprint density at radius 1 is 1.20 bits per heavy atom. The first-order valence-electron chi connectivity index (χ1n) is 7.37. The van der Waals surface area contributed by atoms with Crippen molar-refractivity contribution in [3.8, 4) is 17.2 Å². The summed E-state index contributed by atoms with van der Waals surface area (Å²) >= 11 is 0. The molecule has 1 amide bonds. The number of primary amides is 1. The molecule has 1 aromatic carbocycles. The average Bonchev–Trinajstić information content (AvgIpc) is 3.06. The molecule has 10 heteroatoms. The summed E-state index contributed by atoms with van der Waals surface area (Å²) in [6.45, 7) is 1.74. The largest absolute Gasteiger partial charge is 0.493 e. The van der Waals surface area contributed by atoms with Gasteiger partial charge in [-0.3, -0.25) is 4.79 Å². The van der Waals surface area contributed by atoms with Crippen molar-refractivity contribution in [3.63, 3.8) is 0 Å². The van der Waals surface area contributed by atoms with Crippen molar-refractivity contribution in [1.29, 1.82) is 0 Å².